The van der Waals surface area contributed by atoms with Crippen LogP contribution in [0.1, 0.15) is 41.2 Å². The number of halogens is 3. The van der Waals surface area contributed by atoms with Gasteiger partial charge in [0.25, 0.3) is 0 Å². The summed E-state index contributed by atoms with van der Waals surface area (Å²) in [6.07, 6.45) is -2.45. The van der Waals surface area contributed by atoms with Crippen LogP contribution in [-0.4, -0.2) is 9.97 Å². The fourth-order valence-electron chi connectivity index (χ4n) is 2.10. The molecular formula is C15H16F3N3. The van der Waals surface area contributed by atoms with Crippen LogP contribution in [0.15, 0.2) is 30.5 Å². The van der Waals surface area contributed by atoms with Crippen LogP contribution in [0.3, 0.4) is 0 Å². The summed E-state index contributed by atoms with van der Waals surface area (Å²) in [5.74, 6) is 0.483. The maximum atomic E-state index is 12.7. The lowest BCUT2D eigenvalue weighted by Crippen LogP contribution is -2.11. The number of nitrogens with zero attached hydrogens (tertiary/aromatic N) is 2. The molecule has 0 aliphatic rings. The summed E-state index contributed by atoms with van der Waals surface area (Å²) in [6, 6.07) is 5.02. The predicted octanol–water partition coefficient (Wildman–Crippen LogP) is 3.41. The van der Waals surface area contributed by atoms with Crippen molar-refractivity contribution >= 4 is 0 Å². The van der Waals surface area contributed by atoms with Gasteiger partial charge in [0.1, 0.15) is 5.82 Å². The Labute approximate surface area is 121 Å². The zero-order valence-electron chi connectivity index (χ0n) is 11.8. The molecule has 2 aromatic rings. The van der Waals surface area contributed by atoms with Crippen LogP contribution in [0.4, 0.5) is 13.2 Å². The highest BCUT2D eigenvalue weighted by molar-refractivity contribution is 5.28. The quantitative estimate of drug-likeness (QED) is 0.944. The Morgan fingerprint density at radius 2 is 2.00 bits per heavy atom. The van der Waals surface area contributed by atoms with E-state index in [-0.39, 0.29) is 12.5 Å². The zero-order valence-corrected chi connectivity index (χ0v) is 11.8. The van der Waals surface area contributed by atoms with Crippen molar-refractivity contribution in [1.82, 2.24) is 9.97 Å². The fraction of sp³-hybridized carbons (Fsp3) is 0.333. The molecule has 0 radical (unpaired) electrons. The van der Waals surface area contributed by atoms with Gasteiger partial charge in [0, 0.05) is 29.9 Å². The maximum absolute atomic E-state index is 12.7. The molecule has 0 unspecified atom stereocenters. The minimum atomic E-state index is -4.34. The van der Waals surface area contributed by atoms with Gasteiger partial charge in [-0.3, -0.25) is 0 Å². The van der Waals surface area contributed by atoms with Crippen molar-refractivity contribution in [3.8, 4) is 0 Å². The van der Waals surface area contributed by atoms with Crippen LogP contribution in [0.25, 0.3) is 0 Å². The van der Waals surface area contributed by atoms with Crippen LogP contribution in [-0.2, 0) is 12.6 Å². The molecular weight excluding hydrogens is 279 g/mol. The number of benzene rings is 1. The molecule has 6 heteroatoms. The highest BCUT2D eigenvalue weighted by atomic mass is 19.4. The summed E-state index contributed by atoms with van der Waals surface area (Å²) in [5.41, 5.74) is 7.23. The highest BCUT2D eigenvalue weighted by Gasteiger charge is 2.30. The third-order valence-corrected chi connectivity index (χ3v) is 3.17. The first-order valence-electron chi connectivity index (χ1n) is 6.51. The molecule has 0 fully saturated rings. The van der Waals surface area contributed by atoms with E-state index in [1.807, 2.05) is 13.8 Å². The lowest BCUT2D eigenvalue weighted by atomic mass is 10.1. The van der Waals surface area contributed by atoms with E-state index in [0.717, 1.165) is 23.4 Å². The van der Waals surface area contributed by atoms with E-state index in [1.165, 1.54) is 6.07 Å². The first kappa shape index (κ1) is 15.4. The lowest BCUT2D eigenvalue weighted by molar-refractivity contribution is -0.137. The first-order chi connectivity index (χ1) is 9.77. The Hall–Kier alpha value is -1.95. The van der Waals surface area contributed by atoms with Crippen LogP contribution >= 0.6 is 0 Å². The SMILES string of the molecule is Cc1nc(Cc2cccc(C(F)(F)F)c2)ncc1[C@@H](C)N. The second kappa shape index (κ2) is 5.81. The highest BCUT2D eigenvalue weighted by Crippen LogP contribution is 2.29. The normalized spacial score (nSPS) is 13.2. The summed E-state index contributed by atoms with van der Waals surface area (Å²) >= 11 is 0. The standard InChI is InChI=1S/C15H16F3N3/c1-9(19)13-8-20-14(21-10(13)2)7-11-4-3-5-12(6-11)15(16,17)18/h3-6,8-9H,7,19H2,1-2H3/t9-/m1/s1. The van der Waals surface area contributed by atoms with Gasteiger partial charge < -0.3 is 5.73 Å². The number of hydrogen-bond acceptors (Lipinski definition) is 3. The average molecular weight is 295 g/mol. The number of alkyl halides is 3. The fourth-order valence-corrected chi connectivity index (χ4v) is 2.10. The maximum Gasteiger partial charge on any atom is 0.416 e. The van der Waals surface area contributed by atoms with E-state index in [1.54, 1.807) is 12.3 Å². The number of hydrogen-bond donors (Lipinski definition) is 1. The van der Waals surface area contributed by atoms with Gasteiger partial charge >= 0.3 is 6.18 Å². The summed E-state index contributed by atoms with van der Waals surface area (Å²) in [4.78, 5) is 8.48. The molecule has 0 aliphatic carbocycles. The molecule has 3 nitrogen and oxygen atoms in total. The molecule has 1 heterocycles. The van der Waals surface area contributed by atoms with Crippen molar-refractivity contribution in [1.29, 1.82) is 0 Å². The first-order valence-corrected chi connectivity index (χ1v) is 6.51. The van der Waals surface area contributed by atoms with Crippen molar-refractivity contribution in [2.75, 3.05) is 0 Å². The number of aryl methyl sites for hydroxylation is 1. The van der Waals surface area contributed by atoms with Crippen molar-refractivity contribution in [2.24, 2.45) is 5.73 Å². The van der Waals surface area contributed by atoms with Gasteiger partial charge in [-0.1, -0.05) is 18.2 Å². The van der Waals surface area contributed by atoms with Gasteiger partial charge in [0.2, 0.25) is 0 Å². The minimum absolute atomic E-state index is 0.174. The van der Waals surface area contributed by atoms with Crippen LogP contribution in [0.2, 0.25) is 0 Å². The number of aromatic nitrogens is 2. The van der Waals surface area contributed by atoms with E-state index in [2.05, 4.69) is 9.97 Å². The molecule has 1 atom stereocenters. The zero-order chi connectivity index (χ0) is 15.6. The predicted molar refractivity (Wildman–Crippen MR) is 73.6 cm³/mol. The molecule has 112 valence electrons. The molecule has 0 saturated carbocycles. The summed E-state index contributed by atoms with van der Waals surface area (Å²) in [5, 5.41) is 0. The van der Waals surface area contributed by atoms with E-state index < -0.39 is 11.7 Å². The Bertz CT molecular complexity index is 636. The van der Waals surface area contributed by atoms with Gasteiger partial charge in [-0.25, -0.2) is 9.97 Å². The van der Waals surface area contributed by atoms with Gasteiger partial charge in [0.05, 0.1) is 5.56 Å². The van der Waals surface area contributed by atoms with Crippen LogP contribution in [0.5, 0.6) is 0 Å². The van der Waals surface area contributed by atoms with E-state index in [9.17, 15) is 13.2 Å². The minimum Gasteiger partial charge on any atom is -0.324 e. The van der Waals surface area contributed by atoms with E-state index in [4.69, 9.17) is 5.73 Å². The largest absolute Gasteiger partial charge is 0.416 e. The average Bonchev–Trinajstić information content (AvgIpc) is 2.37. The lowest BCUT2D eigenvalue weighted by Gasteiger charge is -2.11. The summed E-state index contributed by atoms with van der Waals surface area (Å²) < 4.78 is 38.0. The molecule has 2 rings (SSSR count). The molecule has 0 aliphatic heterocycles. The number of rotatable bonds is 3. The van der Waals surface area contributed by atoms with Crippen molar-refractivity contribution in [2.45, 2.75) is 32.5 Å². The van der Waals surface area contributed by atoms with Crippen molar-refractivity contribution < 1.29 is 13.2 Å². The molecule has 0 bridgehead atoms. The molecule has 0 amide bonds. The Morgan fingerprint density at radius 1 is 1.29 bits per heavy atom. The van der Waals surface area contributed by atoms with Crippen LogP contribution < -0.4 is 5.73 Å². The summed E-state index contributed by atoms with van der Waals surface area (Å²) in [6.45, 7) is 3.65. The molecule has 1 aromatic heterocycles. The van der Waals surface area contributed by atoms with Gasteiger partial charge in [0.15, 0.2) is 0 Å². The second-order valence-electron chi connectivity index (χ2n) is 4.99. The Morgan fingerprint density at radius 3 is 2.57 bits per heavy atom. The molecule has 1 aromatic carbocycles. The smallest absolute Gasteiger partial charge is 0.324 e. The van der Waals surface area contributed by atoms with Gasteiger partial charge in [-0.05, 0) is 25.5 Å². The Balaban J connectivity index is 2.25. The third-order valence-electron chi connectivity index (χ3n) is 3.17. The monoisotopic (exact) mass is 295 g/mol. The van der Waals surface area contributed by atoms with Gasteiger partial charge in [-0.15, -0.1) is 0 Å². The Kier molecular flexibility index (Phi) is 4.27. The van der Waals surface area contributed by atoms with Crippen LogP contribution in [0, 0.1) is 6.92 Å². The second-order valence-corrected chi connectivity index (χ2v) is 4.99. The van der Waals surface area contributed by atoms with Crippen molar-refractivity contribution in [3.05, 3.63) is 58.7 Å². The van der Waals surface area contributed by atoms with Crippen molar-refractivity contribution in [3.63, 3.8) is 0 Å². The topological polar surface area (TPSA) is 51.8 Å². The third kappa shape index (κ3) is 3.78. The number of nitrogens with two attached hydrogens (primary N) is 1. The molecule has 21 heavy (non-hydrogen) atoms. The van der Waals surface area contributed by atoms with E-state index >= 15 is 0 Å². The molecule has 0 spiro atoms. The molecule has 0 saturated heterocycles. The summed E-state index contributed by atoms with van der Waals surface area (Å²) in [7, 11) is 0. The van der Waals surface area contributed by atoms with E-state index in [0.29, 0.717) is 11.4 Å². The molecule has 2 N–H and O–H groups in total. The van der Waals surface area contributed by atoms with Gasteiger partial charge in [-0.2, -0.15) is 13.2 Å².